The van der Waals surface area contributed by atoms with E-state index in [2.05, 4.69) is 5.32 Å². The van der Waals surface area contributed by atoms with E-state index in [9.17, 15) is 9.59 Å². The molecule has 106 valence electrons. The lowest BCUT2D eigenvalue weighted by molar-refractivity contribution is -0.155. The normalized spacial score (nSPS) is 10.5. The molecule has 5 heteroatoms. The van der Waals surface area contributed by atoms with Gasteiger partial charge in [-0.15, -0.1) is 0 Å². The van der Waals surface area contributed by atoms with E-state index in [1.807, 2.05) is 6.07 Å². The monoisotopic (exact) mass is 274 g/mol. The van der Waals surface area contributed by atoms with Gasteiger partial charge in [0.15, 0.2) is 0 Å². The Morgan fingerprint density at radius 2 is 1.80 bits per heavy atom. The van der Waals surface area contributed by atoms with Gasteiger partial charge in [-0.25, -0.2) is 0 Å². The largest absolute Gasteiger partial charge is 0.460 e. The van der Waals surface area contributed by atoms with Gasteiger partial charge >= 0.3 is 5.97 Å². The van der Waals surface area contributed by atoms with Gasteiger partial charge in [-0.3, -0.25) is 9.59 Å². The number of nitriles is 1. The van der Waals surface area contributed by atoms with E-state index in [1.54, 1.807) is 45.0 Å². The number of carbonyl (C=O) groups excluding carboxylic acids is 2. The van der Waals surface area contributed by atoms with Gasteiger partial charge in [-0.2, -0.15) is 5.26 Å². The van der Waals surface area contributed by atoms with Crippen LogP contribution in [0.4, 0.5) is 5.69 Å². The van der Waals surface area contributed by atoms with Crippen LogP contribution in [0.1, 0.15) is 39.2 Å². The number of anilines is 1. The van der Waals surface area contributed by atoms with Crippen LogP contribution >= 0.6 is 0 Å². The van der Waals surface area contributed by atoms with E-state index < -0.39 is 11.6 Å². The molecule has 0 saturated carbocycles. The number of nitrogens with one attached hydrogen (secondary N) is 1. The predicted octanol–water partition coefficient (Wildman–Crippen LogP) is 2.62. The first-order chi connectivity index (χ1) is 9.30. The van der Waals surface area contributed by atoms with Crippen molar-refractivity contribution in [1.82, 2.24) is 0 Å². The van der Waals surface area contributed by atoms with Crippen LogP contribution in [0, 0.1) is 11.3 Å². The highest BCUT2D eigenvalue weighted by molar-refractivity contribution is 5.92. The highest BCUT2D eigenvalue weighted by Gasteiger charge is 2.17. The topological polar surface area (TPSA) is 79.2 Å². The Kier molecular flexibility index (Phi) is 5.27. The van der Waals surface area contributed by atoms with Gasteiger partial charge < -0.3 is 10.1 Å². The lowest BCUT2D eigenvalue weighted by Crippen LogP contribution is -2.24. The Labute approximate surface area is 118 Å². The van der Waals surface area contributed by atoms with Gasteiger partial charge in [0.25, 0.3) is 0 Å². The summed E-state index contributed by atoms with van der Waals surface area (Å²) in [5.74, 6) is -0.659. The maximum atomic E-state index is 11.7. The van der Waals surface area contributed by atoms with E-state index in [1.165, 1.54) is 0 Å². The summed E-state index contributed by atoms with van der Waals surface area (Å²) >= 11 is 0. The van der Waals surface area contributed by atoms with Crippen molar-refractivity contribution in [3.05, 3.63) is 29.8 Å². The summed E-state index contributed by atoms with van der Waals surface area (Å²) in [6, 6.07) is 8.51. The van der Waals surface area contributed by atoms with E-state index in [0.717, 1.165) is 0 Å². The molecule has 0 radical (unpaired) electrons. The standard InChI is InChI=1S/C15H18N2O3/c1-15(2,3)20-14(19)9-8-13(18)17-12-6-4-11(10-16)5-7-12/h4-7H,8-9H2,1-3H3,(H,17,18). The fourth-order valence-corrected chi connectivity index (χ4v) is 1.46. The summed E-state index contributed by atoms with van der Waals surface area (Å²) in [7, 11) is 0. The molecule has 0 aliphatic carbocycles. The van der Waals surface area contributed by atoms with Gasteiger partial charge in [0.05, 0.1) is 18.1 Å². The summed E-state index contributed by atoms with van der Waals surface area (Å²) in [6.45, 7) is 5.34. The van der Waals surface area contributed by atoms with Crippen molar-refractivity contribution in [1.29, 1.82) is 5.26 Å². The minimum atomic E-state index is -0.541. The second-order valence-corrected chi connectivity index (χ2v) is 5.32. The fourth-order valence-electron chi connectivity index (χ4n) is 1.46. The Morgan fingerprint density at radius 1 is 1.20 bits per heavy atom. The van der Waals surface area contributed by atoms with Crippen molar-refractivity contribution in [2.75, 3.05) is 5.32 Å². The molecule has 5 nitrogen and oxygen atoms in total. The molecule has 1 N–H and O–H groups in total. The summed E-state index contributed by atoms with van der Waals surface area (Å²) in [6.07, 6.45) is 0.105. The second-order valence-electron chi connectivity index (χ2n) is 5.32. The molecule has 1 rings (SSSR count). The second kappa shape index (κ2) is 6.71. The minimum absolute atomic E-state index is 0.0411. The molecule has 0 bridgehead atoms. The van der Waals surface area contributed by atoms with E-state index in [-0.39, 0.29) is 18.7 Å². The first kappa shape index (κ1) is 15.7. The number of amides is 1. The van der Waals surface area contributed by atoms with Gasteiger partial charge in [-0.1, -0.05) is 0 Å². The minimum Gasteiger partial charge on any atom is -0.460 e. The number of esters is 1. The molecule has 0 saturated heterocycles. The van der Waals surface area contributed by atoms with Gasteiger partial charge in [0.2, 0.25) is 5.91 Å². The molecule has 0 aliphatic rings. The number of benzene rings is 1. The average molecular weight is 274 g/mol. The summed E-state index contributed by atoms with van der Waals surface area (Å²) < 4.78 is 5.11. The molecule has 1 amide bonds. The van der Waals surface area contributed by atoms with Crippen molar-refractivity contribution in [3.63, 3.8) is 0 Å². The number of ether oxygens (including phenoxy) is 1. The SMILES string of the molecule is CC(C)(C)OC(=O)CCC(=O)Nc1ccc(C#N)cc1. The highest BCUT2D eigenvalue weighted by atomic mass is 16.6. The molecule has 1 aromatic rings. The summed E-state index contributed by atoms with van der Waals surface area (Å²) in [4.78, 5) is 23.1. The van der Waals surface area contributed by atoms with Crippen molar-refractivity contribution >= 4 is 17.6 Å². The molecule has 0 spiro atoms. The van der Waals surface area contributed by atoms with Gasteiger partial charge in [-0.05, 0) is 45.0 Å². The number of nitrogens with zero attached hydrogens (tertiary/aromatic N) is 1. The zero-order valence-corrected chi connectivity index (χ0v) is 11.9. The van der Waals surface area contributed by atoms with Crippen molar-refractivity contribution < 1.29 is 14.3 Å². The van der Waals surface area contributed by atoms with Crippen LogP contribution in [0.15, 0.2) is 24.3 Å². The third-order valence-corrected chi connectivity index (χ3v) is 2.27. The number of rotatable bonds is 4. The first-order valence-corrected chi connectivity index (χ1v) is 6.32. The van der Waals surface area contributed by atoms with Crippen LogP contribution in [0.5, 0.6) is 0 Å². The third kappa shape index (κ3) is 6.01. The predicted molar refractivity (Wildman–Crippen MR) is 74.9 cm³/mol. The molecular weight excluding hydrogens is 256 g/mol. The molecule has 0 aliphatic heterocycles. The Balaban J connectivity index is 2.40. The molecule has 0 atom stereocenters. The molecule has 0 fully saturated rings. The number of hydrogen-bond acceptors (Lipinski definition) is 4. The van der Waals surface area contributed by atoms with E-state index >= 15 is 0 Å². The molecule has 0 unspecified atom stereocenters. The van der Waals surface area contributed by atoms with Crippen LogP contribution in [-0.4, -0.2) is 17.5 Å². The lowest BCUT2D eigenvalue weighted by Gasteiger charge is -2.19. The van der Waals surface area contributed by atoms with Crippen LogP contribution in [0.3, 0.4) is 0 Å². The molecule has 20 heavy (non-hydrogen) atoms. The van der Waals surface area contributed by atoms with Gasteiger partial charge in [0.1, 0.15) is 5.60 Å². The van der Waals surface area contributed by atoms with Crippen LogP contribution in [0.25, 0.3) is 0 Å². The Hall–Kier alpha value is -2.35. The van der Waals surface area contributed by atoms with Crippen molar-refractivity contribution in [3.8, 4) is 6.07 Å². The third-order valence-electron chi connectivity index (χ3n) is 2.27. The van der Waals surface area contributed by atoms with Crippen molar-refractivity contribution in [2.45, 2.75) is 39.2 Å². The quantitative estimate of drug-likeness (QED) is 0.856. The average Bonchev–Trinajstić information content (AvgIpc) is 2.35. The molecule has 0 heterocycles. The summed E-state index contributed by atoms with van der Waals surface area (Å²) in [5, 5.41) is 11.3. The number of carbonyl (C=O) groups is 2. The zero-order chi connectivity index (χ0) is 15.2. The lowest BCUT2D eigenvalue weighted by atomic mass is 10.2. The van der Waals surface area contributed by atoms with Crippen LogP contribution in [-0.2, 0) is 14.3 Å². The molecular formula is C15H18N2O3. The van der Waals surface area contributed by atoms with Crippen LogP contribution < -0.4 is 5.32 Å². The van der Waals surface area contributed by atoms with E-state index in [0.29, 0.717) is 11.3 Å². The van der Waals surface area contributed by atoms with Crippen LogP contribution in [0.2, 0.25) is 0 Å². The summed E-state index contributed by atoms with van der Waals surface area (Å²) in [5.41, 5.74) is 0.579. The first-order valence-electron chi connectivity index (χ1n) is 6.32. The maximum Gasteiger partial charge on any atom is 0.306 e. The molecule has 1 aromatic carbocycles. The van der Waals surface area contributed by atoms with Gasteiger partial charge in [0, 0.05) is 12.1 Å². The van der Waals surface area contributed by atoms with Crippen molar-refractivity contribution in [2.24, 2.45) is 0 Å². The smallest absolute Gasteiger partial charge is 0.306 e. The molecule has 0 aromatic heterocycles. The Bertz CT molecular complexity index is 522. The fraction of sp³-hybridized carbons (Fsp3) is 0.400. The Morgan fingerprint density at radius 3 is 2.30 bits per heavy atom. The highest BCUT2D eigenvalue weighted by Crippen LogP contribution is 2.11. The number of hydrogen-bond donors (Lipinski definition) is 1. The maximum absolute atomic E-state index is 11.7. The van der Waals surface area contributed by atoms with E-state index in [4.69, 9.17) is 10.00 Å². The zero-order valence-electron chi connectivity index (χ0n) is 11.9.